The highest BCUT2D eigenvalue weighted by atomic mass is 32.1. The second-order valence-electron chi connectivity index (χ2n) is 5.85. The maximum absolute atomic E-state index is 12.4. The molecule has 132 valence electrons. The maximum Gasteiger partial charge on any atom is 0.227 e. The molecule has 1 aliphatic heterocycles. The molecule has 2 aromatic rings. The highest BCUT2D eigenvalue weighted by molar-refractivity contribution is 7.15. The molecule has 1 N–H and O–H groups in total. The van der Waals surface area contributed by atoms with E-state index in [1.165, 1.54) is 11.3 Å². The number of amides is 2. The minimum absolute atomic E-state index is 0.0103. The molecule has 0 aliphatic carbocycles. The van der Waals surface area contributed by atoms with Crippen LogP contribution in [0.2, 0.25) is 0 Å². The first-order valence-electron chi connectivity index (χ1n) is 8.18. The molecule has 2 heterocycles. The lowest BCUT2D eigenvalue weighted by atomic mass is 10.1. The van der Waals surface area contributed by atoms with Gasteiger partial charge in [-0.15, -0.1) is 10.2 Å². The Balaban J connectivity index is 1.67. The molecule has 2 amide bonds. The average Bonchev–Trinajstić information content (AvgIpc) is 3.22. The Hall–Kier alpha value is -2.48. The number of nitrogens with zero attached hydrogens (tertiary/aromatic N) is 3. The summed E-state index contributed by atoms with van der Waals surface area (Å²) in [6, 6.07) is 7.41. The Morgan fingerprint density at radius 2 is 2.12 bits per heavy atom. The number of methoxy groups -OCH3 is 1. The Morgan fingerprint density at radius 1 is 1.36 bits per heavy atom. The zero-order chi connectivity index (χ0) is 17.8. The number of benzene rings is 1. The van der Waals surface area contributed by atoms with Crippen molar-refractivity contribution in [2.75, 3.05) is 23.9 Å². The van der Waals surface area contributed by atoms with E-state index in [1.54, 1.807) is 12.0 Å². The molecule has 0 radical (unpaired) electrons. The molecule has 0 bridgehead atoms. The third-order valence-corrected chi connectivity index (χ3v) is 5.02. The predicted molar refractivity (Wildman–Crippen MR) is 96.2 cm³/mol. The van der Waals surface area contributed by atoms with Crippen LogP contribution in [-0.2, 0) is 9.59 Å². The highest BCUT2D eigenvalue weighted by Gasteiger charge is 2.34. The number of nitrogens with one attached hydrogen (secondary N) is 1. The quantitative estimate of drug-likeness (QED) is 0.856. The Kier molecular flexibility index (Phi) is 5.28. The molecule has 8 heteroatoms. The number of hydrogen-bond acceptors (Lipinski definition) is 6. The summed E-state index contributed by atoms with van der Waals surface area (Å²) in [6.45, 7) is 2.51. The molecule has 1 unspecified atom stereocenters. The van der Waals surface area contributed by atoms with Crippen LogP contribution >= 0.6 is 11.3 Å². The van der Waals surface area contributed by atoms with Gasteiger partial charge in [0, 0.05) is 31.0 Å². The summed E-state index contributed by atoms with van der Waals surface area (Å²) in [7, 11) is 1.61. The molecule has 0 saturated carbocycles. The van der Waals surface area contributed by atoms with E-state index in [-0.39, 0.29) is 17.7 Å². The first-order chi connectivity index (χ1) is 12.1. The van der Waals surface area contributed by atoms with E-state index in [0.29, 0.717) is 24.5 Å². The first kappa shape index (κ1) is 17.3. The van der Waals surface area contributed by atoms with Crippen molar-refractivity contribution in [3.8, 4) is 5.75 Å². The number of hydrogen-bond donors (Lipinski definition) is 1. The number of anilines is 2. The molecule has 0 spiro atoms. The van der Waals surface area contributed by atoms with Crippen LogP contribution in [0.1, 0.15) is 37.1 Å². The highest BCUT2D eigenvalue weighted by Crippen LogP contribution is 2.34. The van der Waals surface area contributed by atoms with Crippen LogP contribution in [-0.4, -0.2) is 35.7 Å². The Labute approximate surface area is 150 Å². The molecule has 25 heavy (non-hydrogen) atoms. The monoisotopic (exact) mass is 360 g/mol. The summed E-state index contributed by atoms with van der Waals surface area (Å²) in [5.74, 6) is 0.738. The maximum atomic E-state index is 12.4. The van der Waals surface area contributed by atoms with Crippen molar-refractivity contribution in [1.29, 1.82) is 0 Å². The molecular formula is C17H20N4O3S. The van der Waals surface area contributed by atoms with Crippen LogP contribution in [0.3, 0.4) is 0 Å². The number of carbonyl (C=O) groups is 2. The summed E-state index contributed by atoms with van der Waals surface area (Å²) in [4.78, 5) is 25.8. The fraction of sp³-hybridized carbons (Fsp3) is 0.412. The van der Waals surface area contributed by atoms with E-state index in [1.807, 2.05) is 31.2 Å². The SMILES string of the molecule is CCCC(=O)Nc1nnc(C2CC(=O)N(c3ccc(OC)cc3)C2)s1. The van der Waals surface area contributed by atoms with E-state index in [0.717, 1.165) is 22.9 Å². The van der Waals surface area contributed by atoms with Gasteiger partial charge in [0.05, 0.1) is 7.11 Å². The first-order valence-corrected chi connectivity index (χ1v) is 9.00. The van der Waals surface area contributed by atoms with E-state index in [2.05, 4.69) is 15.5 Å². The van der Waals surface area contributed by atoms with E-state index < -0.39 is 0 Å². The molecule has 1 aromatic carbocycles. The van der Waals surface area contributed by atoms with Crippen LogP contribution in [0, 0.1) is 0 Å². The summed E-state index contributed by atoms with van der Waals surface area (Å²) >= 11 is 1.34. The van der Waals surface area contributed by atoms with Crippen LogP contribution in [0.15, 0.2) is 24.3 Å². The van der Waals surface area contributed by atoms with E-state index in [9.17, 15) is 9.59 Å². The van der Waals surface area contributed by atoms with Crippen LogP contribution < -0.4 is 15.0 Å². The minimum atomic E-state index is -0.0624. The largest absolute Gasteiger partial charge is 0.497 e. The normalized spacial score (nSPS) is 17.0. The van der Waals surface area contributed by atoms with Gasteiger partial charge < -0.3 is 15.0 Å². The lowest BCUT2D eigenvalue weighted by Crippen LogP contribution is -2.24. The molecule has 1 atom stereocenters. The summed E-state index contributed by atoms with van der Waals surface area (Å²) in [5.41, 5.74) is 0.842. The molecule has 7 nitrogen and oxygen atoms in total. The van der Waals surface area contributed by atoms with Crippen LogP contribution in [0.4, 0.5) is 10.8 Å². The lowest BCUT2D eigenvalue weighted by molar-refractivity contribution is -0.117. The fourth-order valence-corrected chi connectivity index (χ4v) is 3.59. The molecule has 1 aromatic heterocycles. The number of ether oxygens (including phenoxy) is 1. The minimum Gasteiger partial charge on any atom is -0.497 e. The average molecular weight is 360 g/mol. The number of carbonyl (C=O) groups excluding carboxylic acids is 2. The van der Waals surface area contributed by atoms with Crippen molar-refractivity contribution in [3.63, 3.8) is 0 Å². The van der Waals surface area contributed by atoms with Crippen molar-refractivity contribution in [2.45, 2.75) is 32.1 Å². The second kappa shape index (κ2) is 7.60. The van der Waals surface area contributed by atoms with Crippen LogP contribution in [0.5, 0.6) is 5.75 Å². The second-order valence-corrected chi connectivity index (χ2v) is 6.86. The standard InChI is InChI=1S/C17H20N4O3S/c1-3-4-14(22)18-17-20-19-16(25-17)11-9-15(23)21(10-11)12-5-7-13(24-2)8-6-12/h5-8,11H,3-4,9-10H2,1-2H3,(H,18,20,22). The van der Waals surface area contributed by atoms with Crippen molar-refractivity contribution < 1.29 is 14.3 Å². The fourth-order valence-electron chi connectivity index (χ4n) is 2.74. The van der Waals surface area contributed by atoms with Gasteiger partial charge in [-0.2, -0.15) is 0 Å². The van der Waals surface area contributed by atoms with Gasteiger partial charge in [0.1, 0.15) is 10.8 Å². The van der Waals surface area contributed by atoms with Crippen molar-refractivity contribution in [2.24, 2.45) is 0 Å². The van der Waals surface area contributed by atoms with Gasteiger partial charge in [0.2, 0.25) is 16.9 Å². The Morgan fingerprint density at radius 3 is 2.80 bits per heavy atom. The van der Waals surface area contributed by atoms with Gasteiger partial charge in [-0.1, -0.05) is 18.3 Å². The van der Waals surface area contributed by atoms with Gasteiger partial charge in [-0.05, 0) is 30.7 Å². The van der Waals surface area contributed by atoms with E-state index >= 15 is 0 Å². The smallest absolute Gasteiger partial charge is 0.227 e. The number of rotatable bonds is 6. The zero-order valence-corrected chi connectivity index (χ0v) is 15.0. The topological polar surface area (TPSA) is 84.4 Å². The summed E-state index contributed by atoms with van der Waals surface area (Å²) in [5, 5.41) is 12.2. The van der Waals surface area contributed by atoms with Crippen molar-refractivity contribution in [3.05, 3.63) is 29.3 Å². The Bertz CT molecular complexity index is 760. The van der Waals surface area contributed by atoms with E-state index in [4.69, 9.17) is 4.74 Å². The molecule has 3 rings (SSSR count). The molecular weight excluding hydrogens is 340 g/mol. The summed E-state index contributed by atoms with van der Waals surface area (Å²) < 4.78 is 5.15. The number of aromatic nitrogens is 2. The van der Waals surface area contributed by atoms with Gasteiger partial charge in [-0.25, -0.2) is 0 Å². The third kappa shape index (κ3) is 3.96. The summed E-state index contributed by atoms with van der Waals surface area (Å²) in [6.07, 6.45) is 1.64. The van der Waals surface area contributed by atoms with Gasteiger partial charge in [0.15, 0.2) is 0 Å². The van der Waals surface area contributed by atoms with Gasteiger partial charge >= 0.3 is 0 Å². The zero-order valence-electron chi connectivity index (χ0n) is 14.2. The van der Waals surface area contributed by atoms with Crippen LogP contribution in [0.25, 0.3) is 0 Å². The van der Waals surface area contributed by atoms with Crippen molar-refractivity contribution in [1.82, 2.24) is 10.2 Å². The van der Waals surface area contributed by atoms with Crippen molar-refractivity contribution >= 4 is 34.0 Å². The third-order valence-electron chi connectivity index (χ3n) is 4.02. The molecule has 1 aliphatic rings. The predicted octanol–water partition coefficient (Wildman–Crippen LogP) is 2.81. The molecule has 1 fully saturated rings. The van der Waals surface area contributed by atoms with Gasteiger partial charge in [-0.3, -0.25) is 9.59 Å². The molecule has 1 saturated heterocycles. The van der Waals surface area contributed by atoms with Gasteiger partial charge in [0.25, 0.3) is 0 Å². The lowest BCUT2D eigenvalue weighted by Gasteiger charge is -2.16.